The van der Waals surface area contributed by atoms with Crippen molar-refractivity contribution in [3.05, 3.63) is 84.0 Å². The van der Waals surface area contributed by atoms with E-state index in [1.54, 1.807) is 0 Å². The van der Waals surface area contributed by atoms with Gasteiger partial charge in [-0.1, -0.05) is 72.8 Å². The molecule has 100 valence electrons. The van der Waals surface area contributed by atoms with Crippen molar-refractivity contribution in [3.8, 4) is 0 Å². The number of hydrogen-bond acceptors (Lipinski definition) is 1. The van der Waals surface area contributed by atoms with Gasteiger partial charge in [-0.3, -0.25) is 0 Å². The highest BCUT2D eigenvalue weighted by Crippen LogP contribution is 2.24. The van der Waals surface area contributed by atoms with Gasteiger partial charge in [-0.2, -0.15) is 0 Å². The molecule has 0 spiro atoms. The average Bonchev–Trinajstić information content (AvgIpc) is 2.52. The van der Waals surface area contributed by atoms with Gasteiger partial charge in [0.15, 0.2) is 0 Å². The Labute approximate surface area is 120 Å². The molecule has 1 nitrogen and oxygen atoms in total. The molecular formula is C19H19N. The van der Waals surface area contributed by atoms with Crippen molar-refractivity contribution >= 4 is 11.8 Å². The first kappa shape index (κ1) is 12.7. The number of anilines is 1. The van der Waals surface area contributed by atoms with Gasteiger partial charge in [-0.25, -0.2) is 0 Å². The molecule has 2 aromatic carbocycles. The minimum Gasteiger partial charge on any atom is -0.379 e. The minimum atomic E-state index is 0.435. The SMILES string of the molecule is C(/C=C/[C@@H]1CCc2ccccc2N1)=C\c1ccccc1. The number of benzene rings is 2. The Hall–Kier alpha value is -2.28. The quantitative estimate of drug-likeness (QED) is 0.791. The molecule has 0 radical (unpaired) electrons. The molecule has 2 aromatic rings. The van der Waals surface area contributed by atoms with E-state index >= 15 is 0 Å². The van der Waals surface area contributed by atoms with Crippen LogP contribution in [0.1, 0.15) is 17.5 Å². The second kappa shape index (κ2) is 6.25. The maximum atomic E-state index is 3.57. The van der Waals surface area contributed by atoms with E-state index in [1.165, 1.54) is 16.8 Å². The lowest BCUT2D eigenvalue weighted by Gasteiger charge is -2.24. The van der Waals surface area contributed by atoms with Crippen LogP contribution in [0.2, 0.25) is 0 Å². The largest absolute Gasteiger partial charge is 0.379 e. The maximum Gasteiger partial charge on any atom is 0.0450 e. The van der Waals surface area contributed by atoms with Crippen LogP contribution in [0.25, 0.3) is 6.08 Å². The first-order valence-corrected chi connectivity index (χ1v) is 7.16. The molecule has 0 aromatic heterocycles. The average molecular weight is 261 g/mol. The number of hydrogen-bond donors (Lipinski definition) is 1. The molecule has 20 heavy (non-hydrogen) atoms. The van der Waals surface area contributed by atoms with Gasteiger partial charge in [0.2, 0.25) is 0 Å². The van der Waals surface area contributed by atoms with Crippen molar-refractivity contribution in [3.63, 3.8) is 0 Å². The molecule has 0 bridgehead atoms. The number of nitrogens with one attached hydrogen (secondary N) is 1. The second-order valence-electron chi connectivity index (χ2n) is 5.10. The zero-order valence-corrected chi connectivity index (χ0v) is 11.5. The van der Waals surface area contributed by atoms with E-state index < -0.39 is 0 Å². The lowest BCUT2D eigenvalue weighted by molar-refractivity contribution is 0.731. The Bertz CT molecular complexity index is 611. The summed E-state index contributed by atoms with van der Waals surface area (Å²) < 4.78 is 0. The Morgan fingerprint density at radius 2 is 1.70 bits per heavy atom. The highest BCUT2D eigenvalue weighted by atomic mass is 14.9. The third-order valence-electron chi connectivity index (χ3n) is 3.63. The van der Waals surface area contributed by atoms with Crippen molar-refractivity contribution in [1.29, 1.82) is 0 Å². The van der Waals surface area contributed by atoms with Crippen LogP contribution in [0.5, 0.6) is 0 Å². The monoisotopic (exact) mass is 261 g/mol. The van der Waals surface area contributed by atoms with Crippen LogP contribution in [0.3, 0.4) is 0 Å². The number of para-hydroxylation sites is 1. The summed E-state index contributed by atoms with van der Waals surface area (Å²) in [6.07, 6.45) is 10.9. The van der Waals surface area contributed by atoms with Crippen LogP contribution < -0.4 is 5.32 Å². The van der Waals surface area contributed by atoms with E-state index in [0.717, 1.165) is 12.8 Å². The summed E-state index contributed by atoms with van der Waals surface area (Å²) in [4.78, 5) is 0. The molecule has 1 N–H and O–H groups in total. The van der Waals surface area contributed by atoms with Crippen LogP contribution in [0.4, 0.5) is 5.69 Å². The first-order chi connectivity index (χ1) is 9.92. The molecule has 0 amide bonds. The molecule has 1 aliphatic rings. The molecule has 0 unspecified atom stereocenters. The van der Waals surface area contributed by atoms with Crippen molar-refractivity contribution in [2.75, 3.05) is 5.32 Å². The topological polar surface area (TPSA) is 12.0 Å². The Balaban J connectivity index is 1.60. The summed E-state index contributed by atoms with van der Waals surface area (Å²) in [6.45, 7) is 0. The highest BCUT2D eigenvalue weighted by molar-refractivity contribution is 5.55. The molecule has 0 aliphatic carbocycles. The lowest BCUT2D eigenvalue weighted by Crippen LogP contribution is -2.22. The van der Waals surface area contributed by atoms with Gasteiger partial charge in [0.05, 0.1) is 0 Å². The third-order valence-corrected chi connectivity index (χ3v) is 3.63. The molecule has 1 aliphatic heterocycles. The van der Waals surface area contributed by atoms with E-state index in [9.17, 15) is 0 Å². The van der Waals surface area contributed by atoms with Gasteiger partial charge in [0, 0.05) is 11.7 Å². The van der Waals surface area contributed by atoms with Crippen LogP contribution >= 0.6 is 0 Å². The lowest BCUT2D eigenvalue weighted by atomic mass is 9.98. The van der Waals surface area contributed by atoms with E-state index in [-0.39, 0.29) is 0 Å². The molecule has 0 saturated heterocycles. The van der Waals surface area contributed by atoms with Gasteiger partial charge >= 0.3 is 0 Å². The smallest absolute Gasteiger partial charge is 0.0450 e. The standard InChI is InChI=1S/C19H19N/c1-2-8-16(9-3-1)10-4-6-12-18-15-14-17-11-5-7-13-19(17)20-18/h1-13,18,20H,14-15H2/b10-4+,12-6+/t18-/m1/s1. The van der Waals surface area contributed by atoms with E-state index in [0.29, 0.717) is 6.04 Å². The number of rotatable bonds is 3. The molecule has 0 fully saturated rings. The zero-order chi connectivity index (χ0) is 13.6. The van der Waals surface area contributed by atoms with E-state index in [2.05, 4.69) is 78.2 Å². The van der Waals surface area contributed by atoms with Crippen molar-refractivity contribution < 1.29 is 0 Å². The highest BCUT2D eigenvalue weighted by Gasteiger charge is 2.13. The molecule has 1 heteroatoms. The summed E-state index contributed by atoms with van der Waals surface area (Å²) in [6, 6.07) is 19.4. The summed E-state index contributed by atoms with van der Waals surface area (Å²) in [5.41, 5.74) is 3.94. The van der Waals surface area contributed by atoms with Crippen molar-refractivity contribution in [2.24, 2.45) is 0 Å². The van der Waals surface area contributed by atoms with Gasteiger partial charge < -0.3 is 5.32 Å². The van der Waals surface area contributed by atoms with Gasteiger partial charge in [-0.15, -0.1) is 0 Å². The maximum absolute atomic E-state index is 3.57. The third kappa shape index (κ3) is 3.18. The van der Waals surface area contributed by atoms with Crippen molar-refractivity contribution in [1.82, 2.24) is 0 Å². The first-order valence-electron chi connectivity index (χ1n) is 7.16. The van der Waals surface area contributed by atoms with Crippen molar-refractivity contribution in [2.45, 2.75) is 18.9 Å². The Kier molecular flexibility index (Phi) is 3.98. The molecular weight excluding hydrogens is 242 g/mol. The van der Waals surface area contributed by atoms with E-state index in [1.807, 2.05) is 6.07 Å². The predicted octanol–water partition coefficient (Wildman–Crippen LogP) is 4.68. The van der Waals surface area contributed by atoms with Gasteiger partial charge in [0.1, 0.15) is 0 Å². The summed E-state index contributed by atoms with van der Waals surface area (Å²) in [5.74, 6) is 0. The fraction of sp³-hybridized carbons (Fsp3) is 0.158. The summed E-state index contributed by atoms with van der Waals surface area (Å²) in [7, 11) is 0. The second-order valence-corrected chi connectivity index (χ2v) is 5.10. The number of aryl methyl sites for hydroxylation is 1. The van der Waals surface area contributed by atoms with Crippen LogP contribution in [0, 0.1) is 0 Å². The Morgan fingerprint density at radius 1 is 0.900 bits per heavy atom. The molecule has 1 heterocycles. The molecule has 1 atom stereocenters. The minimum absolute atomic E-state index is 0.435. The summed E-state index contributed by atoms with van der Waals surface area (Å²) in [5, 5.41) is 3.57. The number of allylic oxidation sites excluding steroid dienone is 2. The fourth-order valence-electron chi connectivity index (χ4n) is 2.54. The summed E-state index contributed by atoms with van der Waals surface area (Å²) >= 11 is 0. The molecule has 0 saturated carbocycles. The Morgan fingerprint density at radius 3 is 2.60 bits per heavy atom. The van der Waals surface area contributed by atoms with Gasteiger partial charge in [0.25, 0.3) is 0 Å². The van der Waals surface area contributed by atoms with Crippen LogP contribution in [-0.4, -0.2) is 6.04 Å². The normalized spacial score (nSPS) is 18.1. The predicted molar refractivity (Wildman–Crippen MR) is 86.8 cm³/mol. The van der Waals surface area contributed by atoms with Crippen LogP contribution in [-0.2, 0) is 6.42 Å². The zero-order valence-electron chi connectivity index (χ0n) is 11.5. The number of fused-ring (bicyclic) bond motifs is 1. The fourth-order valence-corrected chi connectivity index (χ4v) is 2.54. The van der Waals surface area contributed by atoms with E-state index in [4.69, 9.17) is 0 Å². The van der Waals surface area contributed by atoms with Crippen LogP contribution in [0.15, 0.2) is 72.8 Å². The molecule has 3 rings (SSSR count). The van der Waals surface area contributed by atoms with Gasteiger partial charge in [-0.05, 0) is 30.0 Å².